The zero-order chi connectivity index (χ0) is 19.9. The van der Waals surface area contributed by atoms with Gasteiger partial charge >= 0.3 is 0 Å². The van der Waals surface area contributed by atoms with Gasteiger partial charge in [0, 0.05) is 29.2 Å². The Morgan fingerprint density at radius 3 is 2.75 bits per heavy atom. The Hall–Kier alpha value is -3.13. The number of nitrogens with zero attached hydrogens (tertiary/aromatic N) is 1. The lowest BCUT2D eigenvalue weighted by Gasteiger charge is -2.16. The van der Waals surface area contributed by atoms with Crippen LogP contribution in [0.3, 0.4) is 0 Å². The number of aromatic nitrogens is 1. The van der Waals surface area contributed by atoms with Crippen LogP contribution < -0.4 is 9.62 Å². The molecule has 2 amide bonds. The summed E-state index contributed by atoms with van der Waals surface area (Å²) in [4.78, 5) is 28.0. The minimum Gasteiger partial charge on any atom is -0.361 e. The van der Waals surface area contributed by atoms with E-state index < -0.39 is 21.8 Å². The number of hydrogen-bond acceptors (Lipinski definition) is 4. The van der Waals surface area contributed by atoms with Gasteiger partial charge < -0.3 is 10.3 Å². The Labute approximate surface area is 162 Å². The topological polar surface area (TPSA) is 99.3 Å². The van der Waals surface area contributed by atoms with Gasteiger partial charge in [-0.1, -0.05) is 31.2 Å². The summed E-state index contributed by atoms with van der Waals surface area (Å²) in [5.41, 5.74) is 2.42. The molecule has 4 rings (SSSR count). The van der Waals surface area contributed by atoms with E-state index in [1.54, 1.807) is 19.1 Å². The maximum Gasteiger partial charge on any atom is 0.251 e. The van der Waals surface area contributed by atoms with E-state index >= 15 is 0 Å². The monoisotopic (exact) mass is 397 g/mol. The smallest absolute Gasteiger partial charge is 0.251 e. The number of rotatable bonds is 4. The molecule has 2 heterocycles. The van der Waals surface area contributed by atoms with Crippen molar-refractivity contribution in [1.82, 2.24) is 10.3 Å². The Kier molecular flexibility index (Phi) is 4.43. The number of para-hydroxylation sites is 1. The first-order chi connectivity index (χ1) is 13.4. The van der Waals surface area contributed by atoms with E-state index in [9.17, 15) is 18.0 Å². The summed E-state index contributed by atoms with van der Waals surface area (Å²) in [7, 11) is -3.71. The van der Waals surface area contributed by atoms with Crippen LogP contribution in [-0.2, 0) is 21.4 Å². The van der Waals surface area contributed by atoms with Crippen LogP contribution in [0.15, 0.2) is 54.7 Å². The first kappa shape index (κ1) is 18.2. The van der Waals surface area contributed by atoms with Crippen LogP contribution in [0, 0.1) is 5.92 Å². The highest BCUT2D eigenvalue weighted by atomic mass is 32.2. The number of amides is 2. The lowest BCUT2D eigenvalue weighted by Crippen LogP contribution is -2.30. The van der Waals surface area contributed by atoms with Gasteiger partial charge in [-0.25, -0.2) is 12.7 Å². The molecule has 1 atom stereocenters. The zero-order valence-corrected chi connectivity index (χ0v) is 16.0. The fourth-order valence-corrected chi connectivity index (χ4v) is 5.23. The summed E-state index contributed by atoms with van der Waals surface area (Å²) in [6.07, 6.45) is 1.85. The van der Waals surface area contributed by atoms with Crippen molar-refractivity contribution < 1.29 is 18.0 Å². The Morgan fingerprint density at radius 1 is 1.21 bits per heavy atom. The third-order valence-corrected chi connectivity index (χ3v) is 6.69. The van der Waals surface area contributed by atoms with Crippen LogP contribution in [0.25, 0.3) is 10.9 Å². The molecule has 1 saturated heterocycles. The van der Waals surface area contributed by atoms with E-state index in [0.717, 1.165) is 20.8 Å². The van der Waals surface area contributed by atoms with Crippen LogP contribution in [0.2, 0.25) is 0 Å². The average Bonchev–Trinajstić information content (AvgIpc) is 3.17. The van der Waals surface area contributed by atoms with Gasteiger partial charge in [-0.2, -0.15) is 0 Å². The average molecular weight is 397 g/mol. The number of fused-ring (bicyclic) bond motifs is 1. The van der Waals surface area contributed by atoms with Crippen LogP contribution in [-0.4, -0.2) is 31.0 Å². The van der Waals surface area contributed by atoms with Gasteiger partial charge in [0.05, 0.1) is 17.4 Å². The number of nitrogens with one attached hydrogen (secondary N) is 2. The van der Waals surface area contributed by atoms with Crippen molar-refractivity contribution in [3.63, 3.8) is 0 Å². The molecule has 2 aromatic carbocycles. The summed E-state index contributed by atoms with van der Waals surface area (Å²) < 4.78 is 25.3. The van der Waals surface area contributed by atoms with E-state index in [-0.39, 0.29) is 17.3 Å². The SMILES string of the molecule is CC1CS(=O)(=O)N(c2cccc(C(=O)NCc3c[nH]c4ccccc34)c2)C1=O. The fraction of sp³-hybridized carbons (Fsp3) is 0.200. The van der Waals surface area contributed by atoms with Crippen molar-refractivity contribution in [1.29, 1.82) is 0 Å². The van der Waals surface area contributed by atoms with Gasteiger partial charge in [-0.15, -0.1) is 0 Å². The molecule has 1 aliphatic rings. The van der Waals surface area contributed by atoms with Crippen molar-refractivity contribution in [2.75, 3.05) is 10.1 Å². The number of H-pyrrole nitrogens is 1. The van der Waals surface area contributed by atoms with E-state index in [2.05, 4.69) is 10.3 Å². The zero-order valence-electron chi connectivity index (χ0n) is 15.2. The van der Waals surface area contributed by atoms with Gasteiger partial charge in [-0.05, 0) is 29.8 Å². The molecule has 0 radical (unpaired) electrons. The highest BCUT2D eigenvalue weighted by Gasteiger charge is 2.42. The number of carbonyl (C=O) groups is 2. The van der Waals surface area contributed by atoms with Crippen molar-refractivity contribution in [2.45, 2.75) is 13.5 Å². The fourth-order valence-electron chi connectivity index (χ4n) is 3.42. The lowest BCUT2D eigenvalue weighted by atomic mass is 10.1. The van der Waals surface area contributed by atoms with E-state index in [0.29, 0.717) is 12.1 Å². The predicted molar refractivity (Wildman–Crippen MR) is 106 cm³/mol. The lowest BCUT2D eigenvalue weighted by molar-refractivity contribution is -0.119. The Morgan fingerprint density at radius 2 is 2.00 bits per heavy atom. The maximum absolute atomic E-state index is 12.6. The molecule has 0 saturated carbocycles. The summed E-state index contributed by atoms with van der Waals surface area (Å²) in [6.45, 7) is 1.91. The second kappa shape index (κ2) is 6.79. The first-order valence-electron chi connectivity index (χ1n) is 8.87. The number of benzene rings is 2. The van der Waals surface area contributed by atoms with Crippen molar-refractivity contribution in [3.05, 3.63) is 65.9 Å². The molecule has 0 aliphatic carbocycles. The predicted octanol–water partition coefficient (Wildman–Crippen LogP) is 2.41. The summed E-state index contributed by atoms with van der Waals surface area (Å²) >= 11 is 0. The van der Waals surface area contributed by atoms with E-state index in [1.165, 1.54) is 12.1 Å². The van der Waals surface area contributed by atoms with Gasteiger partial charge in [0.1, 0.15) is 0 Å². The van der Waals surface area contributed by atoms with Crippen LogP contribution in [0.4, 0.5) is 5.69 Å². The van der Waals surface area contributed by atoms with Gasteiger partial charge in [0.25, 0.3) is 5.91 Å². The minimum atomic E-state index is -3.71. The first-order valence-corrected chi connectivity index (χ1v) is 10.5. The van der Waals surface area contributed by atoms with Crippen LogP contribution in [0.1, 0.15) is 22.8 Å². The maximum atomic E-state index is 12.6. The number of carbonyl (C=O) groups excluding carboxylic acids is 2. The van der Waals surface area contributed by atoms with Gasteiger partial charge in [0.2, 0.25) is 15.9 Å². The number of sulfonamides is 1. The van der Waals surface area contributed by atoms with E-state index in [4.69, 9.17) is 0 Å². The molecule has 144 valence electrons. The molecule has 7 nitrogen and oxygen atoms in total. The van der Waals surface area contributed by atoms with Crippen molar-refractivity contribution in [2.24, 2.45) is 5.92 Å². The molecule has 1 unspecified atom stereocenters. The number of anilines is 1. The highest BCUT2D eigenvalue weighted by Crippen LogP contribution is 2.28. The number of aromatic amines is 1. The molecule has 0 spiro atoms. The molecule has 1 aliphatic heterocycles. The standard InChI is InChI=1S/C20H19N3O4S/c1-13-12-28(26,27)23(20(13)25)16-6-4-5-14(9-16)19(24)22-11-15-10-21-18-8-3-2-7-17(15)18/h2-10,13,21H,11-12H2,1H3,(H,22,24). The minimum absolute atomic E-state index is 0.189. The molecule has 1 fully saturated rings. The van der Waals surface area contributed by atoms with Crippen LogP contribution >= 0.6 is 0 Å². The third-order valence-electron chi connectivity index (χ3n) is 4.82. The highest BCUT2D eigenvalue weighted by molar-refractivity contribution is 7.94. The third kappa shape index (κ3) is 3.16. The molecule has 8 heteroatoms. The second-order valence-electron chi connectivity index (χ2n) is 6.87. The van der Waals surface area contributed by atoms with Gasteiger partial charge in [-0.3, -0.25) is 9.59 Å². The molecular weight excluding hydrogens is 378 g/mol. The van der Waals surface area contributed by atoms with Gasteiger partial charge in [0.15, 0.2) is 0 Å². The quantitative estimate of drug-likeness (QED) is 0.706. The Bertz CT molecular complexity index is 1180. The molecule has 3 aromatic rings. The molecule has 2 N–H and O–H groups in total. The second-order valence-corrected chi connectivity index (χ2v) is 8.74. The largest absolute Gasteiger partial charge is 0.361 e. The van der Waals surface area contributed by atoms with Crippen molar-refractivity contribution in [3.8, 4) is 0 Å². The molecule has 0 bridgehead atoms. The molecular formula is C20H19N3O4S. The summed E-state index contributed by atoms with van der Waals surface area (Å²) in [5, 5.41) is 3.87. The molecule has 1 aromatic heterocycles. The van der Waals surface area contributed by atoms with Crippen LogP contribution in [0.5, 0.6) is 0 Å². The number of hydrogen-bond donors (Lipinski definition) is 2. The summed E-state index contributed by atoms with van der Waals surface area (Å²) in [6, 6.07) is 13.9. The molecule has 28 heavy (non-hydrogen) atoms. The Balaban J connectivity index is 1.54. The van der Waals surface area contributed by atoms with Crippen molar-refractivity contribution >= 4 is 38.4 Å². The normalized spacial score (nSPS) is 18.5. The van der Waals surface area contributed by atoms with E-state index in [1.807, 2.05) is 30.5 Å². The summed E-state index contributed by atoms with van der Waals surface area (Å²) in [5.74, 6) is -1.63.